The van der Waals surface area contributed by atoms with E-state index >= 15 is 0 Å². The van der Waals surface area contributed by atoms with Crippen molar-refractivity contribution in [1.29, 1.82) is 0 Å². The van der Waals surface area contributed by atoms with Crippen LogP contribution in [0.25, 0.3) is 6.08 Å². The highest BCUT2D eigenvalue weighted by Gasteiger charge is 2.07. The third-order valence-corrected chi connectivity index (χ3v) is 4.12. The minimum atomic E-state index is -0.159. The Hall–Kier alpha value is -3.80. The van der Waals surface area contributed by atoms with Crippen molar-refractivity contribution in [2.24, 2.45) is 0 Å². The fourth-order valence-electron chi connectivity index (χ4n) is 2.62. The maximum absolute atomic E-state index is 12.5. The lowest BCUT2D eigenvalue weighted by Gasteiger charge is -2.09. The second-order valence-corrected chi connectivity index (χ2v) is 5.95. The first kappa shape index (κ1) is 19.0. The molecule has 3 rings (SSSR count). The number of pyridine rings is 1. The molecule has 0 unspecified atom stereocenters. The Morgan fingerprint density at radius 1 is 1.07 bits per heavy atom. The molecule has 6 nitrogen and oxygen atoms in total. The third kappa shape index (κ3) is 4.48. The Morgan fingerprint density at radius 3 is 2.54 bits per heavy atom. The van der Waals surface area contributed by atoms with Gasteiger partial charge in [0.05, 0.1) is 19.9 Å². The van der Waals surface area contributed by atoms with Crippen LogP contribution in [0.15, 0.2) is 66.9 Å². The number of benzene rings is 2. The van der Waals surface area contributed by atoms with Crippen molar-refractivity contribution < 1.29 is 14.3 Å². The SMILES string of the molecule is COc1ccc(Nc2ncccc2/C=C/C(=O)c2ccc(OC)c(N)c2)cc1. The molecule has 1 heterocycles. The lowest BCUT2D eigenvalue weighted by Crippen LogP contribution is -1.99. The lowest BCUT2D eigenvalue weighted by molar-refractivity contribution is 0.104. The number of allylic oxidation sites excluding steroid dienone is 1. The Balaban J connectivity index is 1.78. The van der Waals surface area contributed by atoms with Gasteiger partial charge in [-0.3, -0.25) is 4.79 Å². The molecule has 2 aromatic carbocycles. The standard InChI is InChI=1S/C22H21N3O3/c1-27-18-9-7-17(8-10-18)25-22-15(4-3-13-24-22)5-11-20(26)16-6-12-21(28-2)19(23)14-16/h3-14H,23H2,1-2H3,(H,24,25)/b11-5+. The molecule has 0 radical (unpaired) electrons. The van der Waals surface area contributed by atoms with Crippen LogP contribution in [0.5, 0.6) is 11.5 Å². The average Bonchev–Trinajstić information content (AvgIpc) is 2.73. The fourth-order valence-corrected chi connectivity index (χ4v) is 2.62. The molecular formula is C22H21N3O3. The number of anilines is 3. The van der Waals surface area contributed by atoms with E-state index in [0.717, 1.165) is 17.0 Å². The van der Waals surface area contributed by atoms with Gasteiger partial charge in [0.1, 0.15) is 17.3 Å². The summed E-state index contributed by atoms with van der Waals surface area (Å²) >= 11 is 0. The number of hydrogen-bond donors (Lipinski definition) is 2. The van der Waals surface area contributed by atoms with Crippen molar-refractivity contribution >= 4 is 29.1 Å². The molecule has 1 aromatic heterocycles. The molecular weight excluding hydrogens is 354 g/mol. The number of methoxy groups -OCH3 is 2. The van der Waals surface area contributed by atoms with E-state index in [1.165, 1.54) is 13.2 Å². The van der Waals surface area contributed by atoms with E-state index in [4.69, 9.17) is 15.2 Å². The topological polar surface area (TPSA) is 86.5 Å². The first-order chi connectivity index (χ1) is 13.6. The molecule has 0 aliphatic heterocycles. The number of nitrogens with two attached hydrogens (primary N) is 1. The van der Waals surface area contributed by atoms with Gasteiger partial charge in [0, 0.05) is 23.0 Å². The number of nitrogens with zero attached hydrogens (tertiary/aromatic N) is 1. The first-order valence-corrected chi connectivity index (χ1v) is 8.62. The summed E-state index contributed by atoms with van der Waals surface area (Å²) in [4.78, 5) is 16.8. The number of hydrogen-bond acceptors (Lipinski definition) is 6. The van der Waals surface area contributed by atoms with Crippen molar-refractivity contribution in [3.8, 4) is 11.5 Å². The Labute approximate surface area is 163 Å². The molecule has 0 bridgehead atoms. The predicted octanol–water partition coefficient (Wildman–Crippen LogP) is 4.32. The second kappa shape index (κ2) is 8.73. The summed E-state index contributed by atoms with van der Waals surface area (Å²) in [5.74, 6) is 1.80. The van der Waals surface area contributed by atoms with Crippen molar-refractivity contribution in [2.45, 2.75) is 0 Å². The lowest BCUT2D eigenvalue weighted by atomic mass is 10.1. The zero-order valence-corrected chi connectivity index (χ0v) is 15.7. The molecule has 0 aliphatic carbocycles. The summed E-state index contributed by atoms with van der Waals surface area (Å²) < 4.78 is 10.3. The molecule has 28 heavy (non-hydrogen) atoms. The maximum Gasteiger partial charge on any atom is 0.185 e. The van der Waals surface area contributed by atoms with Gasteiger partial charge in [0.25, 0.3) is 0 Å². The van der Waals surface area contributed by atoms with Gasteiger partial charge in [-0.2, -0.15) is 0 Å². The number of carbonyl (C=O) groups excluding carboxylic acids is 1. The number of nitrogen functional groups attached to an aromatic ring is 1. The monoisotopic (exact) mass is 375 g/mol. The van der Waals surface area contributed by atoms with Crippen LogP contribution >= 0.6 is 0 Å². The normalized spacial score (nSPS) is 10.6. The largest absolute Gasteiger partial charge is 0.497 e. The fraction of sp³-hybridized carbons (Fsp3) is 0.0909. The van der Waals surface area contributed by atoms with Gasteiger partial charge in [-0.25, -0.2) is 4.98 Å². The summed E-state index contributed by atoms with van der Waals surface area (Å²) in [5, 5.41) is 3.25. The number of rotatable bonds is 7. The molecule has 3 aromatic rings. The van der Waals surface area contributed by atoms with Crippen molar-refractivity contribution in [3.63, 3.8) is 0 Å². The molecule has 0 atom stereocenters. The van der Waals surface area contributed by atoms with Crippen LogP contribution < -0.4 is 20.5 Å². The van der Waals surface area contributed by atoms with E-state index in [1.54, 1.807) is 37.6 Å². The Bertz CT molecular complexity index is 998. The first-order valence-electron chi connectivity index (χ1n) is 8.62. The molecule has 0 saturated carbocycles. The van der Waals surface area contributed by atoms with Gasteiger partial charge in [-0.1, -0.05) is 0 Å². The Kier molecular flexibility index (Phi) is 5.91. The number of ether oxygens (including phenoxy) is 2. The minimum absolute atomic E-state index is 0.159. The summed E-state index contributed by atoms with van der Waals surface area (Å²) in [5.41, 5.74) is 8.44. The van der Waals surface area contributed by atoms with Crippen molar-refractivity contribution in [1.82, 2.24) is 4.98 Å². The van der Waals surface area contributed by atoms with Gasteiger partial charge >= 0.3 is 0 Å². The zero-order chi connectivity index (χ0) is 19.9. The number of nitrogens with one attached hydrogen (secondary N) is 1. The Morgan fingerprint density at radius 2 is 1.86 bits per heavy atom. The van der Waals surface area contributed by atoms with E-state index in [1.807, 2.05) is 36.4 Å². The van der Waals surface area contributed by atoms with Gasteiger partial charge in [0.2, 0.25) is 0 Å². The highest BCUT2D eigenvalue weighted by molar-refractivity contribution is 6.07. The highest BCUT2D eigenvalue weighted by Crippen LogP contribution is 2.24. The zero-order valence-electron chi connectivity index (χ0n) is 15.7. The van der Waals surface area contributed by atoms with Gasteiger partial charge in [0.15, 0.2) is 5.78 Å². The number of ketones is 1. The van der Waals surface area contributed by atoms with Crippen LogP contribution in [-0.2, 0) is 0 Å². The van der Waals surface area contributed by atoms with Gasteiger partial charge in [-0.15, -0.1) is 0 Å². The molecule has 0 spiro atoms. The number of aromatic nitrogens is 1. The molecule has 0 saturated heterocycles. The number of carbonyl (C=O) groups is 1. The maximum atomic E-state index is 12.5. The van der Waals surface area contributed by atoms with E-state index in [0.29, 0.717) is 22.8 Å². The van der Waals surface area contributed by atoms with E-state index in [-0.39, 0.29) is 5.78 Å². The smallest absolute Gasteiger partial charge is 0.185 e. The molecule has 6 heteroatoms. The van der Waals surface area contributed by atoms with Crippen LogP contribution in [0.4, 0.5) is 17.2 Å². The van der Waals surface area contributed by atoms with Crippen molar-refractivity contribution in [3.05, 3.63) is 78.0 Å². The van der Waals surface area contributed by atoms with Gasteiger partial charge < -0.3 is 20.5 Å². The van der Waals surface area contributed by atoms with Crippen LogP contribution in [-0.4, -0.2) is 25.0 Å². The summed E-state index contributed by atoms with van der Waals surface area (Å²) in [6.45, 7) is 0. The quantitative estimate of drug-likeness (QED) is 0.363. The van der Waals surface area contributed by atoms with Crippen LogP contribution in [0.2, 0.25) is 0 Å². The highest BCUT2D eigenvalue weighted by atomic mass is 16.5. The summed E-state index contributed by atoms with van der Waals surface area (Å²) in [7, 11) is 3.16. The summed E-state index contributed by atoms with van der Waals surface area (Å²) in [6.07, 6.45) is 4.91. The van der Waals surface area contributed by atoms with E-state index < -0.39 is 0 Å². The predicted molar refractivity (Wildman–Crippen MR) is 111 cm³/mol. The molecule has 142 valence electrons. The molecule has 0 amide bonds. The third-order valence-electron chi connectivity index (χ3n) is 4.12. The van der Waals surface area contributed by atoms with E-state index in [9.17, 15) is 4.79 Å². The molecule has 0 fully saturated rings. The summed E-state index contributed by atoms with van der Waals surface area (Å²) in [6, 6.07) is 16.2. The van der Waals surface area contributed by atoms with Crippen LogP contribution in [0.1, 0.15) is 15.9 Å². The minimum Gasteiger partial charge on any atom is -0.497 e. The van der Waals surface area contributed by atoms with Crippen LogP contribution in [0, 0.1) is 0 Å². The van der Waals surface area contributed by atoms with Crippen LogP contribution in [0.3, 0.4) is 0 Å². The molecule has 0 aliphatic rings. The second-order valence-electron chi connectivity index (χ2n) is 5.95. The molecule has 3 N–H and O–H groups in total. The van der Waals surface area contributed by atoms with Gasteiger partial charge in [-0.05, 0) is 66.7 Å². The average molecular weight is 375 g/mol. The van der Waals surface area contributed by atoms with E-state index in [2.05, 4.69) is 10.3 Å². The van der Waals surface area contributed by atoms with Crippen molar-refractivity contribution in [2.75, 3.05) is 25.3 Å².